The Kier molecular flexibility index (Phi) is 6.31. The van der Waals surface area contributed by atoms with Crippen molar-refractivity contribution < 1.29 is 22.3 Å². The third-order valence-corrected chi connectivity index (χ3v) is 6.21. The van der Waals surface area contributed by atoms with Gasteiger partial charge >= 0.3 is 0 Å². The number of nitrogens with zero attached hydrogens (tertiary/aromatic N) is 1. The number of hydrogen-bond donors (Lipinski definition) is 1. The number of piperidine rings is 1. The topological polar surface area (TPSA) is 75.7 Å². The van der Waals surface area contributed by atoms with Gasteiger partial charge in [-0.1, -0.05) is 12.1 Å². The lowest BCUT2D eigenvalue weighted by Crippen LogP contribution is -2.41. The second-order valence-electron chi connectivity index (χ2n) is 6.75. The van der Waals surface area contributed by atoms with Gasteiger partial charge in [-0.2, -0.15) is 0 Å². The minimum absolute atomic E-state index is 0.0207. The molecule has 0 radical (unpaired) electrons. The van der Waals surface area contributed by atoms with Crippen LogP contribution in [0.3, 0.4) is 0 Å². The number of sulfonamides is 1. The zero-order valence-electron chi connectivity index (χ0n) is 15.6. The number of amides is 1. The highest BCUT2D eigenvalue weighted by Crippen LogP contribution is 2.18. The van der Waals surface area contributed by atoms with Crippen LogP contribution in [0.2, 0.25) is 0 Å². The number of carbonyl (C=O) groups is 1. The highest BCUT2D eigenvalue weighted by atomic mass is 32.2. The maximum absolute atomic E-state index is 13.0. The van der Waals surface area contributed by atoms with E-state index in [1.165, 1.54) is 12.1 Å². The number of ether oxygens (including phenoxy) is 1. The van der Waals surface area contributed by atoms with Crippen LogP contribution in [0.1, 0.15) is 18.4 Å². The number of hydrogen-bond acceptors (Lipinski definition) is 4. The minimum atomic E-state index is -3.79. The van der Waals surface area contributed by atoms with Gasteiger partial charge in [0.2, 0.25) is 5.91 Å². The number of halogens is 1. The van der Waals surface area contributed by atoms with Crippen LogP contribution in [0.5, 0.6) is 0 Å². The van der Waals surface area contributed by atoms with Gasteiger partial charge in [-0.05, 0) is 54.8 Å². The molecule has 0 aromatic heterocycles. The molecule has 0 unspecified atom stereocenters. The van der Waals surface area contributed by atoms with E-state index in [4.69, 9.17) is 4.74 Å². The average Bonchev–Trinajstić information content (AvgIpc) is 2.69. The summed E-state index contributed by atoms with van der Waals surface area (Å²) in [4.78, 5) is 14.2. The van der Waals surface area contributed by atoms with Crippen molar-refractivity contribution in [2.75, 3.05) is 24.9 Å². The van der Waals surface area contributed by atoms with E-state index in [1.807, 2.05) is 4.90 Å². The molecule has 8 heteroatoms. The smallest absolute Gasteiger partial charge is 0.261 e. The normalized spacial score (nSPS) is 15.4. The molecular weight excluding hydrogens is 383 g/mol. The fourth-order valence-corrected chi connectivity index (χ4v) is 4.20. The van der Waals surface area contributed by atoms with Crippen LogP contribution in [0.25, 0.3) is 0 Å². The number of anilines is 1. The highest BCUT2D eigenvalue weighted by Gasteiger charge is 2.22. The molecule has 0 bridgehead atoms. The molecule has 1 aliphatic rings. The van der Waals surface area contributed by atoms with Crippen LogP contribution < -0.4 is 4.72 Å². The molecule has 2 aromatic rings. The second kappa shape index (κ2) is 8.70. The van der Waals surface area contributed by atoms with E-state index in [1.54, 1.807) is 31.4 Å². The summed E-state index contributed by atoms with van der Waals surface area (Å²) in [6, 6.07) is 11.3. The van der Waals surface area contributed by atoms with E-state index in [-0.39, 0.29) is 23.3 Å². The lowest BCUT2D eigenvalue weighted by Gasteiger charge is -2.31. The Bertz CT molecular complexity index is 906. The average molecular weight is 406 g/mol. The van der Waals surface area contributed by atoms with Gasteiger partial charge in [0.15, 0.2) is 0 Å². The van der Waals surface area contributed by atoms with E-state index >= 15 is 0 Å². The monoisotopic (exact) mass is 406 g/mol. The van der Waals surface area contributed by atoms with Gasteiger partial charge in [-0.25, -0.2) is 12.8 Å². The molecule has 6 nitrogen and oxygen atoms in total. The Hall–Kier alpha value is -2.45. The summed E-state index contributed by atoms with van der Waals surface area (Å²) in [7, 11) is -2.11. The van der Waals surface area contributed by atoms with Crippen molar-refractivity contribution >= 4 is 21.6 Å². The number of nitrogens with one attached hydrogen (secondary N) is 1. The van der Waals surface area contributed by atoms with Crippen molar-refractivity contribution in [1.82, 2.24) is 4.90 Å². The first-order valence-electron chi connectivity index (χ1n) is 9.05. The maximum Gasteiger partial charge on any atom is 0.261 e. The predicted octanol–water partition coefficient (Wildman–Crippen LogP) is 2.81. The predicted molar refractivity (Wildman–Crippen MR) is 104 cm³/mol. The molecular formula is C20H23FN2O4S. The Balaban J connectivity index is 1.59. The molecule has 0 atom stereocenters. The number of rotatable bonds is 6. The summed E-state index contributed by atoms with van der Waals surface area (Å²) in [5.41, 5.74) is 1.19. The molecule has 0 spiro atoms. The molecule has 1 heterocycles. The van der Waals surface area contributed by atoms with E-state index in [0.29, 0.717) is 18.8 Å². The van der Waals surface area contributed by atoms with E-state index in [9.17, 15) is 17.6 Å². The quantitative estimate of drug-likeness (QED) is 0.800. The zero-order valence-corrected chi connectivity index (χ0v) is 16.4. The minimum Gasteiger partial charge on any atom is -0.381 e. The SMILES string of the molecule is COC1CCN(C(=O)Cc2ccc(NS(=O)(=O)c3ccc(F)cc3)cc2)CC1. The molecule has 1 amide bonds. The Labute approximate surface area is 164 Å². The Morgan fingerprint density at radius 3 is 2.29 bits per heavy atom. The van der Waals surface area contributed by atoms with E-state index in [2.05, 4.69) is 4.72 Å². The maximum atomic E-state index is 13.0. The Morgan fingerprint density at radius 2 is 1.71 bits per heavy atom. The van der Waals surface area contributed by atoms with Crippen LogP contribution >= 0.6 is 0 Å². The molecule has 150 valence electrons. The fourth-order valence-electron chi connectivity index (χ4n) is 3.15. The van der Waals surface area contributed by atoms with Gasteiger partial charge in [0.25, 0.3) is 10.0 Å². The third-order valence-electron chi connectivity index (χ3n) is 4.81. The second-order valence-corrected chi connectivity index (χ2v) is 8.43. The van der Waals surface area contributed by atoms with Crippen molar-refractivity contribution in [3.8, 4) is 0 Å². The third kappa shape index (κ3) is 5.08. The molecule has 2 aromatic carbocycles. The summed E-state index contributed by atoms with van der Waals surface area (Å²) in [5.74, 6) is -0.450. The summed E-state index contributed by atoms with van der Waals surface area (Å²) < 4.78 is 45.4. The molecule has 1 N–H and O–H groups in total. The molecule has 1 aliphatic heterocycles. The standard InChI is InChI=1S/C20H23FN2O4S/c1-27-18-10-12-23(13-11-18)20(24)14-15-2-6-17(7-3-15)22-28(25,26)19-8-4-16(21)5-9-19/h2-9,18,22H,10-14H2,1H3. The first-order chi connectivity index (χ1) is 13.4. The van der Waals surface area contributed by atoms with Crippen molar-refractivity contribution in [2.24, 2.45) is 0 Å². The van der Waals surface area contributed by atoms with Gasteiger partial charge < -0.3 is 9.64 Å². The van der Waals surface area contributed by atoms with Crippen molar-refractivity contribution in [3.05, 3.63) is 59.9 Å². The van der Waals surface area contributed by atoms with Crippen molar-refractivity contribution in [2.45, 2.75) is 30.3 Å². The lowest BCUT2D eigenvalue weighted by molar-refractivity contribution is -0.132. The van der Waals surface area contributed by atoms with Gasteiger partial charge in [0, 0.05) is 25.9 Å². The Morgan fingerprint density at radius 1 is 1.11 bits per heavy atom. The van der Waals surface area contributed by atoms with Crippen LogP contribution in [0.4, 0.5) is 10.1 Å². The fraction of sp³-hybridized carbons (Fsp3) is 0.350. The van der Waals surface area contributed by atoms with Gasteiger partial charge in [0.05, 0.1) is 17.4 Å². The molecule has 28 heavy (non-hydrogen) atoms. The lowest BCUT2D eigenvalue weighted by atomic mass is 10.1. The number of benzene rings is 2. The van der Waals surface area contributed by atoms with Crippen molar-refractivity contribution in [3.63, 3.8) is 0 Å². The molecule has 0 aliphatic carbocycles. The summed E-state index contributed by atoms with van der Waals surface area (Å²) in [6.07, 6.45) is 2.17. The summed E-state index contributed by atoms with van der Waals surface area (Å²) in [6.45, 7) is 1.37. The number of methoxy groups -OCH3 is 1. The van der Waals surface area contributed by atoms with E-state index < -0.39 is 15.8 Å². The largest absolute Gasteiger partial charge is 0.381 e. The van der Waals surface area contributed by atoms with Gasteiger partial charge in [0.1, 0.15) is 5.82 Å². The van der Waals surface area contributed by atoms with Crippen molar-refractivity contribution in [1.29, 1.82) is 0 Å². The van der Waals surface area contributed by atoms with Crippen LogP contribution in [-0.4, -0.2) is 45.5 Å². The van der Waals surface area contributed by atoms with Gasteiger partial charge in [-0.15, -0.1) is 0 Å². The number of carbonyl (C=O) groups excluding carboxylic acids is 1. The number of likely N-dealkylation sites (tertiary alicyclic amines) is 1. The van der Waals surface area contributed by atoms with Crippen LogP contribution in [0, 0.1) is 5.82 Å². The summed E-state index contributed by atoms with van der Waals surface area (Å²) in [5, 5.41) is 0. The molecule has 1 fully saturated rings. The highest BCUT2D eigenvalue weighted by molar-refractivity contribution is 7.92. The molecule has 1 saturated heterocycles. The zero-order chi connectivity index (χ0) is 20.1. The van der Waals surface area contributed by atoms with Crippen LogP contribution in [-0.2, 0) is 26.0 Å². The molecule has 0 saturated carbocycles. The van der Waals surface area contributed by atoms with Crippen LogP contribution in [0.15, 0.2) is 53.4 Å². The van der Waals surface area contributed by atoms with Gasteiger partial charge in [-0.3, -0.25) is 9.52 Å². The van der Waals surface area contributed by atoms with E-state index in [0.717, 1.165) is 30.5 Å². The first kappa shape index (κ1) is 20.3. The molecule has 3 rings (SSSR count). The summed E-state index contributed by atoms with van der Waals surface area (Å²) >= 11 is 0. The first-order valence-corrected chi connectivity index (χ1v) is 10.5.